The number of aromatic nitrogens is 2. The van der Waals surface area contributed by atoms with Gasteiger partial charge < -0.3 is 0 Å². The Kier molecular flexibility index (Phi) is 2.97. The van der Waals surface area contributed by atoms with E-state index in [1.807, 2.05) is 18.4 Å². The molecule has 0 amide bonds. The third kappa shape index (κ3) is 2.15. The summed E-state index contributed by atoms with van der Waals surface area (Å²) in [5, 5.41) is 0.919. The van der Waals surface area contributed by atoms with E-state index in [0.717, 1.165) is 10.6 Å². The molecule has 0 aliphatic carbocycles. The van der Waals surface area contributed by atoms with Crippen molar-refractivity contribution >= 4 is 11.8 Å². The number of nitrogens with zero attached hydrogens (tertiary/aromatic N) is 2. The molecule has 2 heterocycles. The van der Waals surface area contributed by atoms with Crippen molar-refractivity contribution in [2.24, 2.45) is 0 Å². The summed E-state index contributed by atoms with van der Waals surface area (Å²) in [5.74, 6) is -0.462. The molecule has 0 radical (unpaired) electrons. The Hall–Kier alpha value is -1.42. The van der Waals surface area contributed by atoms with Gasteiger partial charge in [-0.25, -0.2) is 9.97 Å². The summed E-state index contributed by atoms with van der Waals surface area (Å²) in [6, 6.07) is 7.12. The second-order valence-electron chi connectivity index (χ2n) is 2.93. The third-order valence-corrected chi connectivity index (χ3v) is 2.68. The maximum Gasteiger partial charge on any atom is 0.220 e. The Morgan fingerprint density at radius 1 is 1.20 bits per heavy atom. The van der Waals surface area contributed by atoms with Crippen molar-refractivity contribution in [3.05, 3.63) is 42.6 Å². The predicted octanol–water partition coefficient (Wildman–Crippen LogP) is 3.00. The Labute approximate surface area is 91.6 Å². The maximum absolute atomic E-state index is 13.3. The molecule has 0 aliphatic heterocycles. The van der Waals surface area contributed by atoms with E-state index in [2.05, 4.69) is 9.97 Å². The number of thioether (sulfide) groups is 1. The van der Waals surface area contributed by atoms with Gasteiger partial charge in [-0.1, -0.05) is 0 Å². The zero-order valence-corrected chi connectivity index (χ0v) is 8.96. The monoisotopic (exact) mass is 220 g/mol. The molecule has 0 spiro atoms. The largest absolute Gasteiger partial charge is 0.249 e. The Morgan fingerprint density at radius 2 is 2.07 bits per heavy atom. The van der Waals surface area contributed by atoms with Gasteiger partial charge in [0, 0.05) is 23.5 Å². The summed E-state index contributed by atoms with van der Waals surface area (Å²) >= 11 is 1.56. The van der Waals surface area contributed by atoms with Crippen LogP contribution in [-0.4, -0.2) is 16.2 Å². The molecule has 0 aromatic carbocycles. The highest BCUT2D eigenvalue weighted by Crippen LogP contribution is 2.21. The van der Waals surface area contributed by atoms with Gasteiger partial charge in [0.25, 0.3) is 0 Å². The van der Waals surface area contributed by atoms with E-state index in [0.29, 0.717) is 5.56 Å². The Balaban J connectivity index is 2.42. The number of halogens is 1. The zero-order valence-electron chi connectivity index (χ0n) is 8.14. The van der Waals surface area contributed by atoms with E-state index in [1.54, 1.807) is 30.1 Å². The normalized spacial score (nSPS) is 10.3. The lowest BCUT2D eigenvalue weighted by Crippen LogP contribution is -1.88. The van der Waals surface area contributed by atoms with Crippen LogP contribution < -0.4 is 0 Å². The fraction of sp³-hybridized carbons (Fsp3) is 0.0909. The summed E-state index contributed by atoms with van der Waals surface area (Å²) in [7, 11) is 0. The Morgan fingerprint density at radius 3 is 2.67 bits per heavy atom. The van der Waals surface area contributed by atoms with Crippen molar-refractivity contribution in [1.29, 1.82) is 0 Å². The minimum Gasteiger partial charge on any atom is -0.249 e. The molecule has 0 atom stereocenters. The second-order valence-corrected chi connectivity index (χ2v) is 3.76. The first-order valence-corrected chi connectivity index (χ1v) is 5.64. The van der Waals surface area contributed by atoms with Gasteiger partial charge >= 0.3 is 0 Å². The fourth-order valence-corrected chi connectivity index (χ4v) is 1.62. The maximum atomic E-state index is 13.3. The fourth-order valence-electron chi connectivity index (χ4n) is 1.26. The smallest absolute Gasteiger partial charge is 0.220 e. The first kappa shape index (κ1) is 10.1. The molecule has 2 aromatic rings. The highest BCUT2D eigenvalue weighted by Gasteiger charge is 2.05. The van der Waals surface area contributed by atoms with Gasteiger partial charge in [-0.2, -0.15) is 4.39 Å². The minimum atomic E-state index is -0.462. The average molecular weight is 220 g/mol. The lowest BCUT2D eigenvalue weighted by atomic mass is 10.1. The predicted molar refractivity (Wildman–Crippen MR) is 59.2 cm³/mol. The highest BCUT2D eigenvalue weighted by molar-refractivity contribution is 7.98. The van der Waals surface area contributed by atoms with Crippen molar-refractivity contribution < 1.29 is 4.39 Å². The molecule has 15 heavy (non-hydrogen) atoms. The van der Waals surface area contributed by atoms with Crippen LogP contribution in [0.1, 0.15) is 0 Å². The van der Waals surface area contributed by atoms with Crippen LogP contribution in [0.3, 0.4) is 0 Å². The second kappa shape index (κ2) is 4.40. The van der Waals surface area contributed by atoms with E-state index < -0.39 is 5.95 Å². The van der Waals surface area contributed by atoms with Crippen molar-refractivity contribution in [3.8, 4) is 11.1 Å². The molecular formula is C11H9FN2S. The highest BCUT2D eigenvalue weighted by atomic mass is 32.2. The zero-order chi connectivity index (χ0) is 10.7. The van der Waals surface area contributed by atoms with Crippen LogP contribution in [0.5, 0.6) is 0 Å². The number of hydrogen-bond donors (Lipinski definition) is 0. The molecule has 0 unspecified atom stereocenters. The topological polar surface area (TPSA) is 25.8 Å². The van der Waals surface area contributed by atoms with E-state index >= 15 is 0 Å². The molecule has 2 aromatic heterocycles. The molecular weight excluding hydrogens is 211 g/mol. The van der Waals surface area contributed by atoms with E-state index in [4.69, 9.17) is 0 Å². The van der Waals surface area contributed by atoms with Gasteiger partial charge in [0.05, 0.1) is 5.03 Å². The first-order chi connectivity index (χ1) is 7.31. The van der Waals surface area contributed by atoms with Crippen LogP contribution >= 0.6 is 11.8 Å². The van der Waals surface area contributed by atoms with E-state index in [1.165, 1.54) is 6.20 Å². The third-order valence-electron chi connectivity index (χ3n) is 2.02. The SMILES string of the molecule is CSc1ccc(-c2cccnc2F)cn1. The van der Waals surface area contributed by atoms with Gasteiger partial charge in [-0.15, -0.1) is 11.8 Å². The van der Waals surface area contributed by atoms with Crippen LogP contribution in [0.4, 0.5) is 4.39 Å². The molecule has 2 nitrogen and oxygen atoms in total. The molecule has 0 N–H and O–H groups in total. The van der Waals surface area contributed by atoms with Gasteiger partial charge in [-0.05, 0) is 30.5 Å². The van der Waals surface area contributed by atoms with Crippen LogP contribution in [0, 0.1) is 5.95 Å². The van der Waals surface area contributed by atoms with Crippen LogP contribution in [0.15, 0.2) is 41.7 Å². The average Bonchev–Trinajstić information content (AvgIpc) is 2.30. The minimum absolute atomic E-state index is 0.462. The van der Waals surface area contributed by atoms with Crippen LogP contribution in [-0.2, 0) is 0 Å². The van der Waals surface area contributed by atoms with Gasteiger partial charge in [-0.3, -0.25) is 0 Å². The summed E-state index contributed by atoms with van der Waals surface area (Å²) in [4.78, 5) is 7.78. The molecule has 0 fully saturated rings. The molecule has 2 rings (SSSR count). The van der Waals surface area contributed by atoms with E-state index in [9.17, 15) is 4.39 Å². The van der Waals surface area contributed by atoms with Crippen molar-refractivity contribution in [2.75, 3.05) is 6.26 Å². The molecule has 0 bridgehead atoms. The molecule has 0 aliphatic rings. The molecule has 76 valence electrons. The molecule has 0 saturated carbocycles. The summed E-state index contributed by atoms with van der Waals surface area (Å²) in [5.41, 5.74) is 1.23. The molecule has 0 saturated heterocycles. The molecule has 4 heteroatoms. The first-order valence-electron chi connectivity index (χ1n) is 4.42. The number of rotatable bonds is 2. The van der Waals surface area contributed by atoms with E-state index in [-0.39, 0.29) is 0 Å². The number of hydrogen-bond acceptors (Lipinski definition) is 3. The Bertz CT molecular complexity index is 456. The standard InChI is InChI=1S/C11H9FN2S/c1-15-10-5-4-8(7-14-10)9-3-2-6-13-11(9)12/h2-7H,1H3. The van der Waals surface area contributed by atoms with Gasteiger partial charge in [0.15, 0.2) is 0 Å². The van der Waals surface area contributed by atoms with Gasteiger partial charge in [0.1, 0.15) is 0 Å². The van der Waals surface area contributed by atoms with Gasteiger partial charge in [0.2, 0.25) is 5.95 Å². The van der Waals surface area contributed by atoms with Crippen LogP contribution in [0.25, 0.3) is 11.1 Å². The summed E-state index contributed by atoms with van der Waals surface area (Å²) in [6.45, 7) is 0. The van der Waals surface area contributed by atoms with Crippen molar-refractivity contribution in [1.82, 2.24) is 9.97 Å². The van der Waals surface area contributed by atoms with Crippen LogP contribution in [0.2, 0.25) is 0 Å². The van der Waals surface area contributed by atoms with Crippen molar-refractivity contribution in [3.63, 3.8) is 0 Å². The lowest BCUT2D eigenvalue weighted by molar-refractivity contribution is 0.587. The lowest BCUT2D eigenvalue weighted by Gasteiger charge is -2.02. The summed E-state index contributed by atoms with van der Waals surface area (Å²) in [6.07, 6.45) is 5.04. The number of pyridine rings is 2. The van der Waals surface area contributed by atoms with Crippen molar-refractivity contribution in [2.45, 2.75) is 5.03 Å². The quantitative estimate of drug-likeness (QED) is 0.574. The summed E-state index contributed by atoms with van der Waals surface area (Å²) < 4.78 is 13.3.